The summed E-state index contributed by atoms with van der Waals surface area (Å²) in [5, 5.41) is 0. The van der Waals surface area contributed by atoms with Crippen LogP contribution in [0.25, 0.3) is 0 Å². The molecule has 0 amide bonds. The molecule has 4 aliphatic rings. The Morgan fingerprint density at radius 1 is 1.11 bits per heavy atom. The van der Waals surface area contributed by atoms with Gasteiger partial charge in [-0.05, 0) is 106 Å². The quantitative estimate of drug-likeness (QED) is 0.456. The van der Waals surface area contributed by atoms with Gasteiger partial charge in [0, 0.05) is 12.8 Å². The SMILES string of the molecule is CC(C)=CCCC(C)C1CCC2C3=C(CC[C@@]21C)[C@@]1(C)CCC(=O)CC1CC3. The minimum atomic E-state index is 0.343. The Balaban J connectivity index is 1.56. The molecule has 4 unspecified atom stereocenters. The van der Waals surface area contributed by atoms with Gasteiger partial charge < -0.3 is 0 Å². The molecule has 0 aliphatic heterocycles. The summed E-state index contributed by atoms with van der Waals surface area (Å²) in [5.74, 6) is 3.74. The summed E-state index contributed by atoms with van der Waals surface area (Å²) >= 11 is 0. The van der Waals surface area contributed by atoms with Crippen LogP contribution in [0, 0.1) is 34.5 Å². The van der Waals surface area contributed by atoms with E-state index in [0.717, 1.165) is 37.0 Å². The largest absolute Gasteiger partial charge is 0.300 e. The van der Waals surface area contributed by atoms with Gasteiger partial charge in [0.1, 0.15) is 5.78 Å². The van der Waals surface area contributed by atoms with E-state index in [-0.39, 0.29) is 0 Å². The number of hydrogen-bond acceptors (Lipinski definition) is 1. The first kappa shape index (κ1) is 20.4. The zero-order chi connectivity index (χ0) is 20.1. The number of Topliss-reactive ketones (excluding diaryl/α,β-unsaturated/α-hetero) is 1. The second-order valence-electron chi connectivity index (χ2n) is 11.5. The zero-order valence-electron chi connectivity index (χ0n) is 19.1. The Morgan fingerprint density at radius 3 is 2.64 bits per heavy atom. The van der Waals surface area contributed by atoms with Gasteiger partial charge in [-0.1, -0.05) is 43.6 Å². The zero-order valence-corrected chi connectivity index (χ0v) is 19.1. The van der Waals surface area contributed by atoms with Crippen LogP contribution >= 0.6 is 0 Å². The molecule has 0 radical (unpaired) electrons. The van der Waals surface area contributed by atoms with Gasteiger partial charge in [0.2, 0.25) is 0 Å². The molecule has 0 bridgehead atoms. The molecule has 0 heterocycles. The van der Waals surface area contributed by atoms with Crippen LogP contribution in [0.4, 0.5) is 0 Å². The monoisotopic (exact) mass is 382 g/mol. The maximum Gasteiger partial charge on any atom is 0.133 e. The highest BCUT2D eigenvalue weighted by Crippen LogP contribution is 2.65. The number of hydrogen-bond donors (Lipinski definition) is 0. The van der Waals surface area contributed by atoms with E-state index in [1.165, 1.54) is 56.9 Å². The van der Waals surface area contributed by atoms with Gasteiger partial charge in [0.15, 0.2) is 0 Å². The van der Waals surface area contributed by atoms with Crippen LogP contribution in [0.5, 0.6) is 0 Å². The van der Waals surface area contributed by atoms with Crippen molar-refractivity contribution in [2.24, 2.45) is 34.5 Å². The number of allylic oxidation sites excluding steroid dienone is 4. The molecule has 1 nitrogen and oxygen atoms in total. The van der Waals surface area contributed by atoms with Crippen LogP contribution in [0.2, 0.25) is 0 Å². The van der Waals surface area contributed by atoms with Crippen LogP contribution in [0.1, 0.15) is 105 Å². The lowest BCUT2D eigenvalue weighted by atomic mass is 9.50. The van der Waals surface area contributed by atoms with Crippen LogP contribution in [-0.4, -0.2) is 5.78 Å². The Morgan fingerprint density at radius 2 is 1.89 bits per heavy atom. The van der Waals surface area contributed by atoms with Gasteiger partial charge in [-0.3, -0.25) is 4.79 Å². The molecular weight excluding hydrogens is 340 g/mol. The predicted molar refractivity (Wildman–Crippen MR) is 118 cm³/mol. The highest BCUT2D eigenvalue weighted by molar-refractivity contribution is 5.80. The molecule has 4 aliphatic carbocycles. The van der Waals surface area contributed by atoms with E-state index in [2.05, 4.69) is 40.7 Å². The maximum absolute atomic E-state index is 12.1. The molecule has 2 saturated carbocycles. The van der Waals surface area contributed by atoms with E-state index in [1.807, 2.05) is 11.1 Å². The van der Waals surface area contributed by atoms with Gasteiger partial charge >= 0.3 is 0 Å². The summed E-state index contributed by atoms with van der Waals surface area (Å²) in [6.45, 7) is 12.2. The summed E-state index contributed by atoms with van der Waals surface area (Å²) < 4.78 is 0. The molecule has 0 saturated heterocycles. The van der Waals surface area contributed by atoms with Crippen LogP contribution in [0.15, 0.2) is 22.8 Å². The second kappa shape index (κ2) is 7.44. The number of ketones is 1. The Labute approximate surface area is 173 Å². The van der Waals surface area contributed by atoms with E-state index in [9.17, 15) is 4.79 Å². The number of carbonyl (C=O) groups excluding carboxylic acids is 1. The molecule has 0 aromatic heterocycles. The molecule has 0 aromatic rings. The van der Waals surface area contributed by atoms with E-state index in [0.29, 0.717) is 22.5 Å². The number of fused-ring (bicyclic) bond motifs is 4. The van der Waals surface area contributed by atoms with Gasteiger partial charge in [-0.15, -0.1) is 0 Å². The third-order valence-electron chi connectivity index (χ3n) is 9.74. The van der Waals surface area contributed by atoms with Crippen molar-refractivity contribution in [1.29, 1.82) is 0 Å². The number of carbonyl (C=O) groups is 1. The van der Waals surface area contributed by atoms with Crippen LogP contribution < -0.4 is 0 Å². The lowest BCUT2D eigenvalue weighted by Crippen LogP contribution is -2.45. The van der Waals surface area contributed by atoms with Crippen LogP contribution in [-0.2, 0) is 4.79 Å². The minimum Gasteiger partial charge on any atom is -0.300 e. The van der Waals surface area contributed by atoms with Crippen molar-refractivity contribution in [2.45, 2.75) is 105 Å². The van der Waals surface area contributed by atoms with Gasteiger partial charge in [0.05, 0.1) is 0 Å². The normalized spacial score (nSPS) is 41.2. The fourth-order valence-corrected chi connectivity index (χ4v) is 8.06. The molecule has 0 aromatic carbocycles. The molecule has 4 rings (SSSR count). The van der Waals surface area contributed by atoms with Crippen molar-refractivity contribution in [3.63, 3.8) is 0 Å². The molecule has 6 atom stereocenters. The average Bonchev–Trinajstić information content (AvgIpc) is 2.99. The molecule has 1 heteroatoms. The highest BCUT2D eigenvalue weighted by atomic mass is 16.1. The van der Waals surface area contributed by atoms with Crippen molar-refractivity contribution in [3.8, 4) is 0 Å². The molecule has 0 N–H and O–H groups in total. The van der Waals surface area contributed by atoms with E-state index in [1.54, 1.807) is 0 Å². The first-order valence-corrected chi connectivity index (χ1v) is 12.1. The maximum atomic E-state index is 12.1. The molecule has 2 fully saturated rings. The van der Waals surface area contributed by atoms with Crippen molar-refractivity contribution in [3.05, 3.63) is 22.8 Å². The van der Waals surface area contributed by atoms with Crippen molar-refractivity contribution < 1.29 is 4.79 Å². The summed E-state index contributed by atoms with van der Waals surface area (Å²) in [6, 6.07) is 0. The fourth-order valence-electron chi connectivity index (χ4n) is 8.06. The lowest BCUT2D eigenvalue weighted by molar-refractivity contribution is -0.124. The number of rotatable bonds is 4. The molecular formula is C27H42O. The Hall–Kier alpha value is -0.850. The van der Waals surface area contributed by atoms with Crippen molar-refractivity contribution >= 4 is 5.78 Å². The standard InChI is InChI=1S/C27H42O/c1-18(2)7-6-8-19(3)23-11-12-24-22-10-9-20-17-21(28)13-15-26(20,4)25(22)14-16-27(23,24)5/h7,19-20,23-24H,6,8-17H2,1-5H3/t19?,20?,23?,24?,26-,27+/m0/s1. The minimum absolute atomic E-state index is 0.343. The highest BCUT2D eigenvalue weighted by Gasteiger charge is 2.55. The summed E-state index contributed by atoms with van der Waals surface area (Å²) in [7, 11) is 0. The van der Waals surface area contributed by atoms with E-state index < -0.39 is 0 Å². The van der Waals surface area contributed by atoms with Gasteiger partial charge in [-0.2, -0.15) is 0 Å². The summed E-state index contributed by atoms with van der Waals surface area (Å²) in [5.41, 5.74) is 6.04. The lowest BCUT2D eigenvalue weighted by Gasteiger charge is -2.54. The van der Waals surface area contributed by atoms with Crippen LogP contribution in [0.3, 0.4) is 0 Å². The van der Waals surface area contributed by atoms with Gasteiger partial charge in [0.25, 0.3) is 0 Å². The summed E-state index contributed by atoms with van der Waals surface area (Å²) in [6.07, 6.45) is 16.0. The summed E-state index contributed by atoms with van der Waals surface area (Å²) in [4.78, 5) is 12.1. The van der Waals surface area contributed by atoms with E-state index >= 15 is 0 Å². The Kier molecular flexibility index (Phi) is 5.43. The van der Waals surface area contributed by atoms with E-state index in [4.69, 9.17) is 0 Å². The molecule has 156 valence electrons. The van der Waals surface area contributed by atoms with Gasteiger partial charge in [-0.25, -0.2) is 0 Å². The Bertz CT molecular complexity index is 693. The second-order valence-corrected chi connectivity index (χ2v) is 11.5. The molecule has 28 heavy (non-hydrogen) atoms. The van der Waals surface area contributed by atoms with Crippen molar-refractivity contribution in [2.75, 3.05) is 0 Å². The fraction of sp³-hybridized carbons (Fsp3) is 0.815. The topological polar surface area (TPSA) is 17.1 Å². The predicted octanol–water partition coefficient (Wildman–Crippen LogP) is 7.66. The average molecular weight is 383 g/mol. The smallest absolute Gasteiger partial charge is 0.133 e. The molecule has 0 spiro atoms. The van der Waals surface area contributed by atoms with Crippen molar-refractivity contribution in [1.82, 2.24) is 0 Å². The first-order chi connectivity index (χ1) is 13.3. The third kappa shape index (κ3) is 3.25. The first-order valence-electron chi connectivity index (χ1n) is 12.1. The third-order valence-corrected chi connectivity index (χ3v) is 9.74.